The summed E-state index contributed by atoms with van der Waals surface area (Å²) < 4.78 is 15.2. The van der Waals surface area contributed by atoms with Crippen LogP contribution in [0.4, 0.5) is 23.0 Å². The number of ether oxygens (including phenoxy) is 2. The van der Waals surface area contributed by atoms with Gasteiger partial charge in [-0.2, -0.15) is 10.1 Å². The molecule has 0 saturated carbocycles. The van der Waals surface area contributed by atoms with Gasteiger partial charge in [0, 0.05) is 5.69 Å². The molecule has 160 valence electrons. The van der Waals surface area contributed by atoms with Crippen LogP contribution in [0.15, 0.2) is 46.1 Å². The Morgan fingerprint density at radius 3 is 2.56 bits per heavy atom. The van der Waals surface area contributed by atoms with Crippen LogP contribution in [-0.4, -0.2) is 38.2 Å². The number of aryl methyl sites for hydroxylation is 1. The second kappa shape index (κ2) is 7.79. The number of hydrazone groups is 1. The molecule has 5 rings (SSSR count). The van der Waals surface area contributed by atoms with Gasteiger partial charge < -0.3 is 14.8 Å². The molecule has 4 aromatic rings. The normalized spacial score (nSPS) is 12.4. The standard InChI is InChI=1S/C19H14N8O5/c1-10-4-2-3-5-12(10)21-16-17(23-19-18(22-16)25-32-26-19)24-20-8-11-6-14-15(31-9-30-14)7-13(11)27(28)29/h2-8H,9H2,1H3,(H,21,22,25)(H,23,24,26)/b20-8+. The molecule has 0 unspecified atom stereocenters. The zero-order valence-electron chi connectivity index (χ0n) is 16.5. The molecular formula is C19H14N8O5. The van der Waals surface area contributed by atoms with E-state index >= 15 is 0 Å². The first-order valence-corrected chi connectivity index (χ1v) is 9.28. The van der Waals surface area contributed by atoms with Crippen molar-refractivity contribution < 1.29 is 19.0 Å². The van der Waals surface area contributed by atoms with E-state index < -0.39 is 4.92 Å². The summed E-state index contributed by atoms with van der Waals surface area (Å²) in [5.74, 6) is 1.24. The second-order valence-corrected chi connectivity index (χ2v) is 6.66. The Balaban J connectivity index is 1.47. The van der Waals surface area contributed by atoms with Gasteiger partial charge in [-0.15, -0.1) is 0 Å². The number of nitro groups is 1. The molecule has 3 heterocycles. The van der Waals surface area contributed by atoms with E-state index in [0.717, 1.165) is 11.3 Å². The summed E-state index contributed by atoms with van der Waals surface area (Å²) in [5, 5.41) is 26.1. The van der Waals surface area contributed by atoms with E-state index in [9.17, 15) is 10.1 Å². The molecule has 0 saturated heterocycles. The van der Waals surface area contributed by atoms with Crippen LogP contribution in [0, 0.1) is 17.0 Å². The van der Waals surface area contributed by atoms with E-state index in [1.165, 1.54) is 18.3 Å². The van der Waals surface area contributed by atoms with Gasteiger partial charge in [0.2, 0.25) is 18.1 Å². The third-order valence-corrected chi connectivity index (χ3v) is 4.61. The lowest BCUT2D eigenvalue weighted by molar-refractivity contribution is -0.385. The fourth-order valence-corrected chi connectivity index (χ4v) is 3.02. The van der Waals surface area contributed by atoms with E-state index in [0.29, 0.717) is 17.3 Å². The zero-order chi connectivity index (χ0) is 22.1. The van der Waals surface area contributed by atoms with Crippen LogP contribution in [-0.2, 0) is 0 Å². The molecule has 0 radical (unpaired) electrons. The minimum Gasteiger partial charge on any atom is -0.454 e. The smallest absolute Gasteiger partial charge is 0.282 e. The van der Waals surface area contributed by atoms with Crippen molar-refractivity contribution in [2.24, 2.45) is 5.10 Å². The average molecular weight is 434 g/mol. The van der Waals surface area contributed by atoms with E-state index in [2.05, 4.69) is 40.8 Å². The Hall–Kier alpha value is -4.81. The number of para-hydroxylation sites is 1. The molecule has 1 aliphatic rings. The molecule has 0 bridgehead atoms. The van der Waals surface area contributed by atoms with Crippen LogP contribution in [0.5, 0.6) is 11.5 Å². The van der Waals surface area contributed by atoms with Crippen molar-refractivity contribution in [1.82, 2.24) is 20.3 Å². The lowest BCUT2D eigenvalue weighted by atomic mass is 10.1. The van der Waals surface area contributed by atoms with E-state index in [4.69, 9.17) is 9.47 Å². The predicted molar refractivity (Wildman–Crippen MR) is 112 cm³/mol. The summed E-state index contributed by atoms with van der Waals surface area (Å²) in [6, 6.07) is 10.4. The Labute approximate surface area is 179 Å². The van der Waals surface area contributed by atoms with Gasteiger partial charge in [0.1, 0.15) is 0 Å². The number of nitro benzene ring substituents is 1. The van der Waals surface area contributed by atoms with Gasteiger partial charge in [-0.3, -0.25) is 15.5 Å². The molecule has 0 atom stereocenters. The molecule has 2 N–H and O–H groups in total. The van der Waals surface area contributed by atoms with Crippen LogP contribution in [0.1, 0.15) is 11.1 Å². The SMILES string of the molecule is Cc1ccccc1Nc1nc2nonc2nc1N/N=C/c1cc2c(cc1[N+](=O)[O-])OCO2. The van der Waals surface area contributed by atoms with Crippen molar-refractivity contribution in [3.63, 3.8) is 0 Å². The van der Waals surface area contributed by atoms with Crippen LogP contribution in [0.25, 0.3) is 11.3 Å². The molecule has 0 amide bonds. The minimum atomic E-state index is -0.526. The Morgan fingerprint density at radius 2 is 1.81 bits per heavy atom. The first-order chi connectivity index (χ1) is 15.6. The van der Waals surface area contributed by atoms with Gasteiger partial charge in [-0.1, -0.05) is 18.2 Å². The number of nitrogens with zero attached hydrogens (tertiary/aromatic N) is 6. The predicted octanol–water partition coefficient (Wildman–Crippen LogP) is 3.15. The summed E-state index contributed by atoms with van der Waals surface area (Å²) in [5.41, 5.74) is 4.96. The van der Waals surface area contributed by atoms with Crippen molar-refractivity contribution in [2.45, 2.75) is 6.92 Å². The quantitative estimate of drug-likeness (QED) is 0.260. The highest BCUT2D eigenvalue weighted by atomic mass is 16.7. The number of anilines is 3. The number of hydrogen-bond acceptors (Lipinski definition) is 12. The van der Waals surface area contributed by atoms with E-state index in [1.54, 1.807) is 0 Å². The highest BCUT2D eigenvalue weighted by molar-refractivity contribution is 5.88. The highest BCUT2D eigenvalue weighted by Gasteiger charge is 2.22. The number of rotatable bonds is 6. The summed E-state index contributed by atoms with van der Waals surface area (Å²) in [4.78, 5) is 19.6. The molecule has 0 fully saturated rings. The molecule has 13 nitrogen and oxygen atoms in total. The molecule has 32 heavy (non-hydrogen) atoms. The van der Waals surface area contributed by atoms with Crippen LogP contribution < -0.4 is 20.2 Å². The Bertz CT molecular complexity index is 1370. The lowest BCUT2D eigenvalue weighted by Gasteiger charge is -2.11. The average Bonchev–Trinajstić information content (AvgIpc) is 3.43. The number of benzene rings is 2. The van der Waals surface area contributed by atoms with Gasteiger partial charge >= 0.3 is 0 Å². The number of fused-ring (bicyclic) bond motifs is 2. The number of nitrogens with one attached hydrogen (secondary N) is 2. The minimum absolute atomic E-state index is 0.000600. The van der Waals surface area contributed by atoms with Gasteiger partial charge in [0.15, 0.2) is 23.1 Å². The van der Waals surface area contributed by atoms with Gasteiger partial charge in [0.05, 0.1) is 22.8 Å². The van der Waals surface area contributed by atoms with Crippen molar-refractivity contribution in [2.75, 3.05) is 17.5 Å². The van der Waals surface area contributed by atoms with Gasteiger partial charge in [-0.05, 0) is 34.9 Å². The van der Waals surface area contributed by atoms with E-state index in [1.807, 2.05) is 31.2 Å². The summed E-state index contributed by atoms with van der Waals surface area (Å²) in [6.07, 6.45) is 1.28. The largest absolute Gasteiger partial charge is 0.454 e. The Kier molecular flexibility index (Phi) is 4.67. The van der Waals surface area contributed by atoms with Crippen molar-refractivity contribution in [3.8, 4) is 11.5 Å². The Morgan fingerprint density at radius 1 is 1.09 bits per heavy atom. The van der Waals surface area contributed by atoms with Crippen molar-refractivity contribution in [3.05, 3.63) is 57.6 Å². The number of aromatic nitrogens is 4. The van der Waals surface area contributed by atoms with Gasteiger partial charge in [-0.25, -0.2) is 9.61 Å². The van der Waals surface area contributed by atoms with Crippen LogP contribution in [0.3, 0.4) is 0 Å². The maximum absolute atomic E-state index is 11.4. The highest BCUT2D eigenvalue weighted by Crippen LogP contribution is 2.37. The zero-order valence-corrected chi connectivity index (χ0v) is 16.5. The van der Waals surface area contributed by atoms with Gasteiger partial charge in [0.25, 0.3) is 5.69 Å². The third kappa shape index (κ3) is 3.58. The second-order valence-electron chi connectivity index (χ2n) is 6.66. The molecule has 0 spiro atoms. The fourth-order valence-electron chi connectivity index (χ4n) is 3.02. The maximum Gasteiger partial charge on any atom is 0.282 e. The lowest BCUT2D eigenvalue weighted by Crippen LogP contribution is -2.04. The monoisotopic (exact) mass is 434 g/mol. The summed E-state index contributed by atoms with van der Waals surface area (Å²) in [6.45, 7) is 1.94. The summed E-state index contributed by atoms with van der Waals surface area (Å²) >= 11 is 0. The van der Waals surface area contributed by atoms with Crippen molar-refractivity contribution in [1.29, 1.82) is 0 Å². The molecule has 1 aliphatic heterocycles. The topological polar surface area (TPSA) is 163 Å². The number of hydrogen-bond donors (Lipinski definition) is 2. The van der Waals surface area contributed by atoms with Crippen LogP contribution in [0.2, 0.25) is 0 Å². The molecular weight excluding hydrogens is 420 g/mol. The third-order valence-electron chi connectivity index (χ3n) is 4.61. The summed E-state index contributed by atoms with van der Waals surface area (Å²) in [7, 11) is 0. The van der Waals surface area contributed by atoms with Crippen LogP contribution >= 0.6 is 0 Å². The maximum atomic E-state index is 11.4. The molecule has 0 aliphatic carbocycles. The molecule has 2 aromatic carbocycles. The fraction of sp³-hybridized carbons (Fsp3) is 0.105. The molecule has 13 heteroatoms. The van der Waals surface area contributed by atoms with E-state index in [-0.39, 0.29) is 35.2 Å². The molecule has 2 aromatic heterocycles. The first kappa shape index (κ1) is 19.2. The first-order valence-electron chi connectivity index (χ1n) is 9.28. The van der Waals surface area contributed by atoms with Crippen molar-refractivity contribution >= 4 is 40.5 Å².